The molecule has 3 rings (SSSR count). The Balaban J connectivity index is 2.09. The minimum Gasteiger partial charge on any atom is -0.497 e. The number of ether oxygens (including phenoxy) is 1. The fourth-order valence-corrected chi connectivity index (χ4v) is 6.05. The molecule has 11 heteroatoms. The number of benzene rings is 3. The fourth-order valence-electron chi connectivity index (χ4n) is 4.33. The Labute approximate surface area is 258 Å². The van der Waals surface area contributed by atoms with Gasteiger partial charge < -0.3 is 15.0 Å². The number of carbonyl (C=O) groups excluding carboxylic acids is 2. The number of amides is 2. The van der Waals surface area contributed by atoms with Crippen LogP contribution in [0.5, 0.6) is 5.75 Å². The Bertz CT molecular complexity index is 1500. The molecule has 0 unspecified atom stereocenters. The summed E-state index contributed by atoms with van der Waals surface area (Å²) in [6, 6.07) is 16.9. The van der Waals surface area contributed by atoms with E-state index in [1.807, 2.05) is 20.8 Å². The third-order valence-corrected chi connectivity index (χ3v) is 9.48. The number of rotatable bonds is 13. The first-order valence-electron chi connectivity index (χ1n) is 13.7. The molecule has 0 aromatic heterocycles. The lowest BCUT2D eigenvalue weighted by Gasteiger charge is -2.34. The smallest absolute Gasteiger partial charge is 0.264 e. The largest absolute Gasteiger partial charge is 0.497 e. The van der Waals surface area contributed by atoms with E-state index in [0.717, 1.165) is 9.87 Å². The molecule has 0 aliphatic carbocycles. The van der Waals surface area contributed by atoms with Gasteiger partial charge in [0.1, 0.15) is 18.3 Å². The summed E-state index contributed by atoms with van der Waals surface area (Å²) in [5.41, 5.74) is 1.78. The second kappa shape index (κ2) is 14.8. The average Bonchev–Trinajstić information content (AvgIpc) is 2.97. The van der Waals surface area contributed by atoms with Crippen LogP contribution >= 0.6 is 23.2 Å². The van der Waals surface area contributed by atoms with Crippen molar-refractivity contribution in [2.75, 3.05) is 18.0 Å². The quantitative estimate of drug-likeness (QED) is 0.241. The van der Waals surface area contributed by atoms with Crippen molar-refractivity contribution < 1.29 is 22.7 Å². The molecule has 0 spiro atoms. The van der Waals surface area contributed by atoms with E-state index in [1.54, 1.807) is 61.5 Å². The van der Waals surface area contributed by atoms with Crippen LogP contribution in [0, 0.1) is 6.92 Å². The number of aryl methyl sites for hydroxylation is 1. The number of sulfonamides is 1. The van der Waals surface area contributed by atoms with Crippen LogP contribution in [0.1, 0.15) is 44.7 Å². The van der Waals surface area contributed by atoms with Gasteiger partial charge in [-0.05, 0) is 68.7 Å². The maximum atomic E-state index is 14.2. The molecule has 0 saturated heterocycles. The van der Waals surface area contributed by atoms with Gasteiger partial charge in [-0.15, -0.1) is 0 Å². The number of nitrogens with zero attached hydrogens (tertiary/aromatic N) is 2. The molecule has 42 heavy (non-hydrogen) atoms. The Morgan fingerprint density at radius 3 is 2.24 bits per heavy atom. The highest BCUT2D eigenvalue weighted by atomic mass is 35.5. The van der Waals surface area contributed by atoms with Crippen LogP contribution in [0.15, 0.2) is 71.6 Å². The van der Waals surface area contributed by atoms with E-state index in [9.17, 15) is 18.0 Å². The number of halogens is 2. The predicted octanol–water partition coefficient (Wildman–Crippen LogP) is 6.23. The van der Waals surface area contributed by atoms with E-state index in [-0.39, 0.29) is 29.1 Å². The third-order valence-electron chi connectivity index (χ3n) is 6.95. The van der Waals surface area contributed by atoms with E-state index in [2.05, 4.69) is 5.32 Å². The Kier molecular flexibility index (Phi) is 11.7. The zero-order chi connectivity index (χ0) is 31.0. The van der Waals surface area contributed by atoms with Crippen LogP contribution in [0.25, 0.3) is 0 Å². The number of methoxy groups -OCH3 is 1. The molecule has 2 amide bonds. The minimum absolute atomic E-state index is 0.0126. The normalized spacial score (nSPS) is 12.7. The molecular formula is C31H37Cl2N3O5S. The number of hydrogen-bond donors (Lipinski definition) is 1. The van der Waals surface area contributed by atoms with Crippen LogP contribution < -0.4 is 14.4 Å². The summed E-state index contributed by atoms with van der Waals surface area (Å²) in [5, 5.41) is 3.61. The molecular weight excluding hydrogens is 597 g/mol. The summed E-state index contributed by atoms with van der Waals surface area (Å²) >= 11 is 12.4. The summed E-state index contributed by atoms with van der Waals surface area (Å²) in [5.74, 6) is -0.462. The molecule has 2 atom stereocenters. The molecule has 0 aliphatic rings. The summed E-state index contributed by atoms with van der Waals surface area (Å²) in [7, 11) is -2.72. The van der Waals surface area contributed by atoms with Crippen LogP contribution in [0.2, 0.25) is 10.0 Å². The van der Waals surface area contributed by atoms with E-state index in [0.29, 0.717) is 34.2 Å². The summed E-state index contributed by atoms with van der Waals surface area (Å²) < 4.78 is 34.4. The average molecular weight is 635 g/mol. The molecule has 0 fully saturated rings. The van der Waals surface area contributed by atoms with E-state index >= 15 is 0 Å². The first kappa shape index (κ1) is 33.2. The van der Waals surface area contributed by atoms with E-state index in [1.165, 1.54) is 24.1 Å². The molecule has 0 saturated carbocycles. The van der Waals surface area contributed by atoms with Crippen molar-refractivity contribution in [3.8, 4) is 5.75 Å². The van der Waals surface area contributed by atoms with Gasteiger partial charge in [0.25, 0.3) is 10.0 Å². The van der Waals surface area contributed by atoms with Gasteiger partial charge in [-0.2, -0.15) is 0 Å². The zero-order valence-electron chi connectivity index (χ0n) is 24.4. The van der Waals surface area contributed by atoms with Crippen LogP contribution in [-0.4, -0.2) is 50.9 Å². The first-order valence-corrected chi connectivity index (χ1v) is 15.9. The molecule has 226 valence electrons. The van der Waals surface area contributed by atoms with Crippen LogP contribution in [0.3, 0.4) is 0 Å². The number of hydrogen-bond acceptors (Lipinski definition) is 5. The Morgan fingerprint density at radius 2 is 1.64 bits per heavy atom. The zero-order valence-corrected chi connectivity index (χ0v) is 26.8. The van der Waals surface area contributed by atoms with Crippen molar-refractivity contribution in [1.82, 2.24) is 10.2 Å². The standard InChI is InChI=1S/C31H37Cl2N3O5S/c1-6-22(4)34-31(38)29(7-2)35(19-23-13-16-27(32)28(33)17-23)30(37)20-36(24-9-8-10-25(18-24)41-5)42(39,40)26-14-11-21(3)12-15-26/h8-18,22,29H,6-7,19-20H2,1-5H3,(H,34,38)/t22-,29-/m1/s1. The molecule has 8 nitrogen and oxygen atoms in total. The number of anilines is 1. The van der Waals surface area contributed by atoms with Crippen molar-refractivity contribution in [3.05, 3.63) is 87.9 Å². The second-order valence-corrected chi connectivity index (χ2v) is 12.7. The predicted molar refractivity (Wildman–Crippen MR) is 168 cm³/mol. The van der Waals surface area contributed by atoms with Gasteiger partial charge >= 0.3 is 0 Å². The molecule has 3 aromatic carbocycles. The summed E-state index contributed by atoms with van der Waals surface area (Å²) in [4.78, 5) is 29.0. The van der Waals surface area contributed by atoms with Crippen molar-refractivity contribution in [3.63, 3.8) is 0 Å². The van der Waals surface area contributed by atoms with Gasteiger partial charge in [0, 0.05) is 18.7 Å². The van der Waals surface area contributed by atoms with E-state index in [4.69, 9.17) is 27.9 Å². The molecule has 1 N–H and O–H groups in total. The van der Waals surface area contributed by atoms with Gasteiger partial charge in [0.2, 0.25) is 11.8 Å². The minimum atomic E-state index is -4.19. The highest BCUT2D eigenvalue weighted by molar-refractivity contribution is 7.92. The topological polar surface area (TPSA) is 96.0 Å². The molecule has 0 aliphatic heterocycles. The Hall–Kier alpha value is -3.27. The monoisotopic (exact) mass is 633 g/mol. The highest BCUT2D eigenvalue weighted by Crippen LogP contribution is 2.29. The van der Waals surface area contributed by atoms with Crippen molar-refractivity contribution in [2.45, 2.75) is 64.1 Å². The van der Waals surface area contributed by atoms with Crippen molar-refractivity contribution in [1.29, 1.82) is 0 Å². The first-order chi connectivity index (χ1) is 19.9. The van der Waals surface area contributed by atoms with Gasteiger partial charge in [-0.1, -0.05) is 66.9 Å². The SMILES string of the molecule is CC[C@@H](C)NC(=O)[C@@H](CC)N(Cc1ccc(Cl)c(Cl)c1)C(=O)CN(c1cccc(OC)c1)S(=O)(=O)c1ccc(C)cc1. The maximum Gasteiger partial charge on any atom is 0.264 e. The fraction of sp³-hybridized carbons (Fsp3) is 0.355. The summed E-state index contributed by atoms with van der Waals surface area (Å²) in [6.07, 6.45) is 1.01. The lowest BCUT2D eigenvalue weighted by atomic mass is 10.1. The maximum absolute atomic E-state index is 14.2. The molecule has 0 bridgehead atoms. The summed E-state index contributed by atoms with van der Waals surface area (Å²) in [6.45, 7) is 6.95. The highest BCUT2D eigenvalue weighted by Gasteiger charge is 2.34. The van der Waals surface area contributed by atoms with Gasteiger partial charge in [0.15, 0.2) is 0 Å². The molecule has 3 aromatic rings. The third kappa shape index (κ3) is 8.18. The number of carbonyl (C=O) groups is 2. The molecule has 0 heterocycles. The van der Waals surface area contributed by atoms with Crippen LogP contribution in [0.4, 0.5) is 5.69 Å². The van der Waals surface area contributed by atoms with Gasteiger partial charge in [0.05, 0.1) is 27.7 Å². The second-order valence-electron chi connectivity index (χ2n) is 10.0. The van der Waals surface area contributed by atoms with Crippen molar-refractivity contribution in [2.24, 2.45) is 0 Å². The van der Waals surface area contributed by atoms with Crippen LogP contribution in [-0.2, 0) is 26.2 Å². The van der Waals surface area contributed by atoms with E-state index < -0.39 is 28.5 Å². The lowest BCUT2D eigenvalue weighted by Crippen LogP contribution is -2.53. The van der Waals surface area contributed by atoms with Crippen molar-refractivity contribution >= 4 is 50.7 Å². The lowest BCUT2D eigenvalue weighted by molar-refractivity contribution is -0.140. The number of nitrogens with one attached hydrogen (secondary N) is 1. The van der Waals surface area contributed by atoms with Gasteiger partial charge in [-0.3, -0.25) is 13.9 Å². The Morgan fingerprint density at radius 1 is 0.952 bits per heavy atom. The molecule has 0 radical (unpaired) electrons. The van der Waals surface area contributed by atoms with Gasteiger partial charge in [-0.25, -0.2) is 8.42 Å².